The molecule has 3 rings (SSSR count). The zero-order chi connectivity index (χ0) is 24.8. The summed E-state index contributed by atoms with van der Waals surface area (Å²) in [6.07, 6.45) is 0.317. The molecule has 178 valence electrons. The van der Waals surface area contributed by atoms with Gasteiger partial charge in [-0.25, -0.2) is 9.78 Å². The average Bonchev–Trinajstić information content (AvgIpc) is 2.76. The Balaban J connectivity index is 0.000000479. The third-order valence-corrected chi connectivity index (χ3v) is 5.96. The minimum Gasteiger partial charge on any atom is -0.505 e. The van der Waals surface area contributed by atoms with Crippen molar-refractivity contribution in [2.24, 2.45) is 0 Å². The number of hydrogen-bond acceptors (Lipinski definition) is 4. The summed E-state index contributed by atoms with van der Waals surface area (Å²) in [4.78, 5) is 18.9. The molecule has 0 aliphatic heterocycles. The zero-order valence-corrected chi connectivity index (χ0v) is 21.2. The first-order chi connectivity index (χ1) is 15.5. The van der Waals surface area contributed by atoms with Crippen molar-refractivity contribution in [2.75, 3.05) is 19.6 Å². The van der Waals surface area contributed by atoms with Gasteiger partial charge in [0.1, 0.15) is 5.56 Å². The van der Waals surface area contributed by atoms with E-state index in [1.807, 2.05) is 18.2 Å². The summed E-state index contributed by atoms with van der Waals surface area (Å²) in [5, 5.41) is 21.3. The van der Waals surface area contributed by atoms with Gasteiger partial charge in [-0.05, 0) is 48.3 Å². The topological polar surface area (TPSA) is 73.7 Å². The fraction of sp³-hybridized carbons (Fsp3) is 0.407. The number of aromatic nitrogens is 1. The summed E-state index contributed by atoms with van der Waals surface area (Å²) >= 11 is 5.92. The molecule has 1 aromatic heterocycles. The minimum absolute atomic E-state index is 0.106. The summed E-state index contributed by atoms with van der Waals surface area (Å²) in [7, 11) is 0. The molecule has 2 aromatic carbocycles. The van der Waals surface area contributed by atoms with Gasteiger partial charge in [-0.15, -0.1) is 0 Å². The van der Waals surface area contributed by atoms with Crippen LogP contribution >= 0.6 is 11.6 Å². The van der Waals surface area contributed by atoms with E-state index in [9.17, 15) is 15.0 Å². The molecule has 0 bridgehead atoms. The van der Waals surface area contributed by atoms with Crippen LogP contribution in [-0.2, 0) is 11.8 Å². The molecule has 0 aliphatic carbocycles. The van der Waals surface area contributed by atoms with Gasteiger partial charge < -0.3 is 15.1 Å². The summed E-state index contributed by atoms with van der Waals surface area (Å²) in [6, 6.07) is 12.6. The molecule has 0 atom stereocenters. The Labute approximate surface area is 202 Å². The normalized spacial score (nSPS) is 11.4. The van der Waals surface area contributed by atoms with E-state index in [2.05, 4.69) is 51.4 Å². The lowest BCUT2D eigenvalue weighted by Crippen LogP contribution is -2.21. The standard InChI is InChI=1S/C21H20ClNO3.C6H15N/c1-21(2,3)15-6-4-5-14-17(20(25)26)19(24)16(23-18(14)15)11-12-7-9-13(22)10-8-12;1-4-7(5-2)6-3/h4-10,24H,11H2,1-3H3,(H,25,26);4-6H2,1-3H3. The Bertz CT molecular complexity index is 1080. The number of nitrogens with zero attached hydrogens (tertiary/aromatic N) is 2. The van der Waals surface area contributed by atoms with Crippen LogP contribution in [0.1, 0.15) is 68.7 Å². The van der Waals surface area contributed by atoms with Crippen molar-refractivity contribution < 1.29 is 15.0 Å². The summed E-state index contributed by atoms with van der Waals surface area (Å²) in [6.45, 7) is 16.3. The van der Waals surface area contributed by atoms with E-state index >= 15 is 0 Å². The van der Waals surface area contributed by atoms with Crippen LogP contribution in [0, 0.1) is 0 Å². The van der Waals surface area contributed by atoms with Crippen LogP contribution < -0.4 is 0 Å². The average molecular weight is 471 g/mol. The van der Waals surface area contributed by atoms with E-state index in [1.165, 1.54) is 19.6 Å². The molecule has 6 heteroatoms. The highest BCUT2D eigenvalue weighted by Gasteiger charge is 2.24. The van der Waals surface area contributed by atoms with Crippen molar-refractivity contribution in [3.63, 3.8) is 0 Å². The molecule has 1 heterocycles. The maximum absolute atomic E-state index is 11.8. The second-order valence-corrected chi connectivity index (χ2v) is 9.40. The molecule has 0 unspecified atom stereocenters. The Hall–Kier alpha value is -2.63. The van der Waals surface area contributed by atoms with E-state index in [1.54, 1.807) is 24.3 Å². The lowest BCUT2D eigenvalue weighted by Gasteiger charge is -2.22. The molecule has 0 radical (unpaired) electrons. The SMILES string of the molecule is CC(C)(C)c1cccc2c(C(=O)O)c(O)c(Cc3ccc(Cl)cc3)nc12.CCN(CC)CC. The number of carboxylic acid groups (broad SMARTS) is 1. The molecular formula is C27H35ClN2O3. The molecule has 0 aliphatic rings. The minimum atomic E-state index is -1.17. The molecule has 3 aromatic rings. The molecule has 0 amide bonds. The van der Waals surface area contributed by atoms with Crippen molar-refractivity contribution in [3.8, 4) is 5.75 Å². The highest BCUT2D eigenvalue weighted by atomic mass is 35.5. The fourth-order valence-electron chi connectivity index (χ4n) is 3.74. The number of benzene rings is 2. The number of rotatable bonds is 6. The maximum atomic E-state index is 11.8. The smallest absolute Gasteiger partial charge is 0.340 e. The van der Waals surface area contributed by atoms with Gasteiger partial charge in [0.2, 0.25) is 0 Å². The summed E-state index contributed by atoms with van der Waals surface area (Å²) in [5.41, 5.74) is 2.46. The largest absolute Gasteiger partial charge is 0.505 e. The first-order valence-corrected chi connectivity index (χ1v) is 11.8. The highest BCUT2D eigenvalue weighted by molar-refractivity contribution is 6.30. The van der Waals surface area contributed by atoms with Gasteiger partial charge in [-0.1, -0.05) is 83.5 Å². The number of hydrogen-bond donors (Lipinski definition) is 2. The third kappa shape index (κ3) is 6.68. The zero-order valence-electron chi connectivity index (χ0n) is 20.4. The maximum Gasteiger partial charge on any atom is 0.340 e. The second-order valence-electron chi connectivity index (χ2n) is 8.96. The van der Waals surface area contributed by atoms with Crippen molar-refractivity contribution in [2.45, 2.75) is 53.4 Å². The van der Waals surface area contributed by atoms with E-state index in [-0.39, 0.29) is 16.7 Å². The first kappa shape index (κ1) is 26.6. The molecule has 33 heavy (non-hydrogen) atoms. The molecule has 5 nitrogen and oxygen atoms in total. The van der Waals surface area contributed by atoms with E-state index < -0.39 is 5.97 Å². The summed E-state index contributed by atoms with van der Waals surface area (Å²) in [5.74, 6) is -1.45. The number of aromatic carboxylic acids is 1. The van der Waals surface area contributed by atoms with E-state index in [0.29, 0.717) is 28.0 Å². The number of halogens is 1. The third-order valence-electron chi connectivity index (χ3n) is 5.71. The van der Waals surface area contributed by atoms with Gasteiger partial charge in [0, 0.05) is 16.8 Å². The lowest BCUT2D eigenvalue weighted by molar-refractivity contribution is 0.0695. The number of fused-ring (bicyclic) bond motifs is 1. The van der Waals surface area contributed by atoms with Crippen molar-refractivity contribution in [1.29, 1.82) is 0 Å². The van der Waals surface area contributed by atoms with E-state index in [4.69, 9.17) is 11.6 Å². The monoisotopic (exact) mass is 470 g/mol. The molecule has 0 saturated heterocycles. The number of carbonyl (C=O) groups is 1. The predicted octanol–water partition coefficient (Wildman–Crippen LogP) is 6.53. The van der Waals surface area contributed by atoms with Gasteiger partial charge in [-0.3, -0.25) is 0 Å². The molecular weight excluding hydrogens is 436 g/mol. The Morgan fingerprint density at radius 2 is 1.58 bits per heavy atom. The van der Waals surface area contributed by atoms with Gasteiger partial charge in [0.05, 0.1) is 11.2 Å². The van der Waals surface area contributed by atoms with Crippen molar-refractivity contribution >= 4 is 28.5 Å². The quantitative estimate of drug-likeness (QED) is 0.428. The van der Waals surface area contributed by atoms with Crippen LogP contribution in [0.5, 0.6) is 5.75 Å². The fourth-order valence-corrected chi connectivity index (χ4v) is 3.86. The van der Waals surface area contributed by atoms with Crippen LogP contribution in [0.25, 0.3) is 10.9 Å². The molecule has 0 spiro atoms. The van der Waals surface area contributed by atoms with Crippen LogP contribution in [-0.4, -0.2) is 45.7 Å². The molecule has 2 N–H and O–H groups in total. The number of para-hydroxylation sites is 1. The number of pyridine rings is 1. The number of aromatic hydroxyl groups is 1. The van der Waals surface area contributed by atoms with Crippen molar-refractivity contribution in [3.05, 3.63) is 69.9 Å². The Morgan fingerprint density at radius 1 is 1.00 bits per heavy atom. The van der Waals surface area contributed by atoms with Crippen LogP contribution in [0.2, 0.25) is 5.02 Å². The predicted molar refractivity (Wildman–Crippen MR) is 137 cm³/mol. The molecule has 0 fully saturated rings. The number of carboxylic acids is 1. The van der Waals surface area contributed by atoms with Crippen molar-refractivity contribution in [1.82, 2.24) is 9.88 Å². The second kappa shape index (κ2) is 11.5. The van der Waals surface area contributed by atoms with Crippen LogP contribution in [0.3, 0.4) is 0 Å². The van der Waals surface area contributed by atoms with Gasteiger partial charge >= 0.3 is 5.97 Å². The Kier molecular flexibility index (Phi) is 9.26. The van der Waals surface area contributed by atoms with Gasteiger partial charge in [0.15, 0.2) is 5.75 Å². The lowest BCUT2D eigenvalue weighted by atomic mass is 9.84. The van der Waals surface area contributed by atoms with Crippen LogP contribution in [0.4, 0.5) is 0 Å². The van der Waals surface area contributed by atoms with E-state index in [0.717, 1.165) is 11.1 Å². The van der Waals surface area contributed by atoms with Gasteiger partial charge in [-0.2, -0.15) is 0 Å². The summed E-state index contributed by atoms with van der Waals surface area (Å²) < 4.78 is 0. The first-order valence-electron chi connectivity index (χ1n) is 11.4. The molecule has 0 saturated carbocycles. The Morgan fingerprint density at radius 3 is 2.03 bits per heavy atom. The van der Waals surface area contributed by atoms with Gasteiger partial charge in [0.25, 0.3) is 0 Å². The highest BCUT2D eigenvalue weighted by Crippen LogP contribution is 2.35. The van der Waals surface area contributed by atoms with Crippen LogP contribution in [0.15, 0.2) is 42.5 Å².